The van der Waals surface area contributed by atoms with Crippen LogP contribution in [0.1, 0.15) is 15.9 Å². The Morgan fingerprint density at radius 1 is 1.27 bits per heavy atom. The van der Waals surface area contributed by atoms with E-state index in [1.807, 2.05) is 0 Å². The zero-order valence-electron chi connectivity index (χ0n) is 11.0. The van der Waals surface area contributed by atoms with Crippen molar-refractivity contribution >= 4 is 29.4 Å². The molecule has 0 atom stereocenters. The summed E-state index contributed by atoms with van der Waals surface area (Å²) in [6.07, 6.45) is 1.32. The molecule has 0 heterocycles. The fourth-order valence-electron chi connectivity index (χ4n) is 1.57. The number of carbonyl (C=O) groups excluding carboxylic acids is 1. The Balaban J connectivity index is 2.08. The summed E-state index contributed by atoms with van der Waals surface area (Å²) in [6, 6.07) is 9.15. The average molecular weight is 322 g/mol. The van der Waals surface area contributed by atoms with Crippen molar-refractivity contribution in [1.29, 1.82) is 0 Å². The third-order valence-corrected chi connectivity index (χ3v) is 2.97. The number of carbonyl (C=O) groups is 1. The molecule has 0 unspecified atom stereocenters. The first-order valence-electron chi connectivity index (χ1n) is 6.00. The Kier molecular flexibility index (Phi) is 4.80. The molecule has 22 heavy (non-hydrogen) atoms. The van der Waals surface area contributed by atoms with E-state index in [2.05, 4.69) is 10.5 Å². The van der Waals surface area contributed by atoms with E-state index in [0.717, 1.165) is 6.07 Å². The van der Waals surface area contributed by atoms with Crippen molar-refractivity contribution in [3.63, 3.8) is 0 Å². The molecule has 0 saturated carbocycles. The molecular formula is C14H9ClFN3O3. The van der Waals surface area contributed by atoms with Crippen molar-refractivity contribution in [1.82, 2.24) is 5.43 Å². The molecule has 0 aromatic heterocycles. The molecule has 2 rings (SSSR count). The Morgan fingerprint density at radius 2 is 1.95 bits per heavy atom. The molecule has 2 aromatic rings. The Bertz CT molecular complexity index is 747. The van der Waals surface area contributed by atoms with Crippen LogP contribution in [0.5, 0.6) is 0 Å². The number of benzene rings is 2. The first-order chi connectivity index (χ1) is 10.5. The third kappa shape index (κ3) is 3.86. The zero-order chi connectivity index (χ0) is 16.1. The number of rotatable bonds is 4. The summed E-state index contributed by atoms with van der Waals surface area (Å²) in [4.78, 5) is 21.9. The molecule has 112 valence electrons. The molecule has 0 aliphatic rings. The van der Waals surface area contributed by atoms with Crippen LogP contribution in [0.25, 0.3) is 0 Å². The number of hydrogen-bond acceptors (Lipinski definition) is 4. The highest BCUT2D eigenvalue weighted by Gasteiger charge is 2.15. The quantitative estimate of drug-likeness (QED) is 0.533. The minimum Gasteiger partial charge on any atom is -0.267 e. The lowest BCUT2D eigenvalue weighted by Gasteiger charge is -2.01. The van der Waals surface area contributed by atoms with Gasteiger partial charge in [0.15, 0.2) is 0 Å². The third-order valence-electron chi connectivity index (χ3n) is 2.65. The van der Waals surface area contributed by atoms with Crippen LogP contribution in [-0.4, -0.2) is 17.0 Å². The van der Waals surface area contributed by atoms with Crippen LogP contribution in [0.15, 0.2) is 47.6 Å². The van der Waals surface area contributed by atoms with Gasteiger partial charge in [0.05, 0.1) is 11.1 Å². The molecular weight excluding hydrogens is 313 g/mol. The predicted molar refractivity (Wildman–Crippen MR) is 79.6 cm³/mol. The standard InChI is InChI=1S/C14H9ClFN3O3/c15-12-6-3-10(7-13(12)19(21)22)14(20)18-17-8-9-1-4-11(16)5-2-9/h1-8H,(H,18,20)/b17-8-. The van der Waals surface area contributed by atoms with Gasteiger partial charge in [0.25, 0.3) is 11.6 Å². The van der Waals surface area contributed by atoms with E-state index in [-0.39, 0.29) is 22.1 Å². The van der Waals surface area contributed by atoms with Crippen molar-refractivity contribution in [3.8, 4) is 0 Å². The highest BCUT2D eigenvalue weighted by Crippen LogP contribution is 2.24. The maximum atomic E-state index is 12.7. The molecule has 0 aliphatic carbocycles. The average Bonchev–Trinajstić information content (AvgIpc) is 2.49. The van der Waals surface area contributed by atoms with Crippen LogP contribution in [0, 0.1) is 15.9 Å². The SMILES string of the molecule is O=C(N/N=C\c1ccc(F)cc1)c1ccc(Cl)c([N+](=O)[O-])c1. The lowest BCUT2D eigenvalue weighted by Crippen LogP contribution is -2.17. The van der Waals surface area contributed by atoms with Gasteiger partial charge < -0.3 is 0 Å². The van der Waals surface area contributed by atoms with Crippen LogP contribution in [-0.2, 0) is 0 Å². The Hall–Kier alpha value is -2.80. The number of hydrazone groups is 1. The summed E-state index contributed by atoms with van der Waals surface area (Å²) in [6.45, 7) is 0. The van der Waals surface area contributed by atoms with Gasteiger partial charge in [0.2, 0.25) is 0 Å². The number of nitrogens with zero attached hydrogens (tertiary/aromatic N) is 2. The molecule has 0 spiro atoms. The van der Waals surface area contributed by atoms with Gasteiger partial charge >= 0.3 is 0 Å². The van der Waals surface area contributed by atoms with E-state index in [9.17, 15) is 19.3 Å². The van der Waals surface area contributed by atoms with E-state index < -0.39 is 10.8 Å². The van der Waals surface area contributed by atoms with Gasteiger partial charge in [-0.15, -0.1) is 0 Å². The zero-order valence-corrected chi connectivity index (χ0v) is 11.7. The summed E-state index contributed by atoms with van der Waals surface area (Å²) in [5, 5.41) is 14.4. The number of nitro groups is 1. The number of hydrogen-bond donors (Lipinski definition) is 1. The topological polar surface area (TPSA) is 84.6 Å². The van der Waals surface area contributed by atoms with E-state index in [4.69, 9.17) is 11.6 Å². The molecule has 1 N–H and O–H groups in total. The van der Waals surface area contributed by atoms with Gasteiger partial charge in [0.1, 0.15) is 10.8 Å². The molecule has 6 nitrogen and oxygen atoms in total. The lowest BCUT2D eigenvalue weighted by molar-refractivity contribution is -0.384. The molecule has 0 aliphatic heterocycles. The molecule has 0 fully saturated rings. The van der Waals surface area contributed by atoms with Crippen molar-refractivity contribution < 1.29 is 14.1 Å². The first-order valence-corrected chi connectivity index (χ1v) is 6.38. The smallest absolute Gasteiger partial charge is 0.267 e. The second kappa shape index (κ2) is 6.77. The Labute approximate surface area is 129 Å². The van der Waals surface area contributed by atoms with Gasteiger partial charge in [-0.25, -0.2) is 9.82 Å². The van der Waals surface area contributed by atoms with Crippen LogP contribution in [0.2, 0.25) is 5.02 Å². The van der Waals surface area contributed by atoms with Gasteiger partial charge in [-0.05, 0) is 29.8 Å². The van der Waals surface area contributed by atoms with E-state index >= 15 is 0 Å². The fraction of sp³-hybridized carbons (Fsp3) is 0. The van der Waals surface area contributed by atoms with Crippen LogP contribution >= 0.6 is 11.6 Å². The minimum atomic E-state index is -0.680. The summed E-state index contributed by atoms with van der Waals surface area (Å²) < 4.78 is 12.7. The summed E-state index contributed by atoms with van der Waals surface area (Å²) in [5.41, 5.74) is 2.49. The monoisotopic (exact) mass is 321 g/mol. The molecule has 2 aromatic carbocycles. The van der Waals surface area contributed by atoms with Crippen LogP contribution in [0.4, 0.5) is 10.1 Å². The summed E-state index contributed by atoms with van der Waals surface area (Å²) in [7, 11) is 0. The Morgan fingerprint density at radius 3 is 2.59 bits per heavy atom. The molecule has 0 radical (unpaired) electrons. The summed E-state index contributed by atoms with van der Waals surface area (Å²) >= 11 is 5.66. The molecule has 0 bridgehead atoms. The number of nitro benzene ring substituents is 1. The van der Waals surface area contributed by atoms with E-state index in [0.29, 0.717) is 5.56 Å². The van der Waals surface area contributed by atoms with E-state index in [1.54, 1.807) is 0 Å². The maximum Gasteiger partial charge on any atom is 0.288 e. The maximum absolute atomic E-state index is 12.7. The van der Waals surface area contributed by atoms with Gasteiger partial charge in [-0.3, -0.25) is 14.9 Å². The van der Waals surface area contributed by atoms with Gasteiger partial charge in [-0.2, -0.15) is 5.10 Å². The predicted octanol–water partition coefficient (Wildman–Crippen LogP) is 3.15. The second-order valence-corrected chi connectivity index (χ2v) is 4.58. The van der Waals surface area contributed by atoms with Crippen LogP contribution in [0.3, 0.4) is 0 Å². The second-order valence-electron chi connectivity index (χ2n) is 4.17. The van der Waals surface area contributed by atoms with Crippen molar-refractivity contribution in [2.75, 3.05) is 0 Å². The minimum absolute atomic E-state index is 0.0485. The summed E-state index contributed by atoms with van der Waals surface area (Å²) in [5.74, 6) is -1.01. The normalized spacial score (nSPS) is 10.6. The highest BCUT2D eigenvalue weighted by atomic mass is 35.5. The van der Waals surface area contributed by atoms with Crippen molar-refractivity contribution in [2.45, 2.75) is 0 Å². The largest absolute Gasteiger partial charge is 0.288 e. The highest BCUT2D eigenvalue weighted by molar-refractivity contribution is 6.32. The number of halogens is 2. The van der Waals surface area contributed by atoms with E-state index in [1.165, 1.54) is 42.6 Å². The lowest BCUT2D eigenvalue weighted by atomic mass is 10.2. The molecule has 0 saturated heterocycles. The number of amides is 1. The van der Waals surface area contributed by atoms with Crippen molar-refractivity contribution in [2.24, 2.45) is 5.10 Å². The van der Waals surface area contributed by atoms with Gasteiger partial charge in [0, 0.05) is 11.6 Å². The number of nitrogens with one attached hydrogen (secondary N) is 1. The molecule has 1 amide bonds. The molecule has 8 heteroatoms. The fourth-order valence-corrected chi connectivity index (χ4v) is 1.76. The van der Waals surface area contributed by atoms with Gasteiger partial charge in [-0.1, -0.05) is 23.7 Å². The first kappa shape index (κ1) is 15.6. The van der Waals surface area contributed by atoms with Crippen molar-refractivity contribution in [3.05, 3.63) is 74.5 Å². The van der Waals surface area contributed by atoms with Crippen LogP contribution < -0.4 is 5.43 Å².